The number of hydrogen-bond donors (Lipinski definition) is 0. The van der Waals surface area contributed by atoms with Crippen molar-refractivity contribution in [3.05, 3.63) is 65.7 Å². The number of carbonyl (C=O) groups excluding carboxylic acids is 3. The highest BCUT2D eigenvalue weighted by Crippen LogP contribution is 2.45. The lowest BCUT2D eigenvalue weighted by Crippen LogP contribution is -2.30. The van der Waals surface area contributed by atoms with Crippen LogP contribution in [0.4, 0.5) is 5.69 Å². The molecule has 2 aliphatic rings. The molecule has 0 bridgehead atoms. The number of anilines is 1. The molecular formula is C23H23NO4. The van der Waals surface area contributed by atoms with E-state index in [9.17, 15) is 14.4 Å². The Balaban J connectivity index is 1.54. The van der Waals surface area contributed by atoms with Gasteiger partial charge in [-0.25, -0.2) is 4.79 Å². The van der Waals surface area contributed by atoms with Gasteiger partial charge >= 0.3 is 5.97 Å². The molecule has 1 saturated heterocycles. The number of imide groups is 1. The van der Waals surface area contributed by atoms with Gasteiger partial charge in [0, 0.05) is 0 Å². The molecule has 4 rings (SSSR count). The van der Waals surface area contributed by atoms with Crippen molar-refractivity contribution < 1.29 is 19.1 Å². The topological polar surface area (TPSA) is 63.7 Å². The molecule has 1 heterocycles. The number of hydrogen-bond acceptors (Lipinski definition) is 4. The van der Waals surface area contributed by atoms with Gasteiger partial charge in [0.2, 0.25) is 11.8 Å². The molecule has 1 saturated carbocycles. The standard InChI is InChI=1S/C23H23NO4/c1-2-28-23(27)16-8-11-18(12-9-16)24-21(25)19-13-10-17(14-20(19)22(24)26)15-6-4-3-5-7-15/h3-9,11-12,17,19-20H,2,10,13-14H2,1H3. The van der Waals surface area contributed by atoms with E-state index in [-0.39, 0.29) is 23.7 Å². The number of nitrogens with zero attached hydrogens (tertiary/aromatic N) is 1. The van der Waals surface area contributed by atoms with Crippen LogP contribution in [0.1, 0.15) is 48.0 Å². The largest absolute Gasteiger partial charge is 0.462 e. The molecule has 0 radical (unpaired) electrons. The maximum Gasteiger partial charge on any atom is 0.338 e. The minimum absolute atomic E-state index is 0.120. The number of rotatable bonds is 4. The average molecular weight is 377 g/mol. The third-order valence-electron chi connectivity index (χ3n) is 5.83. The smallest absolute Gasteiger partial charge is 0.338 e. The molecule has 2 fully saturated rings. The van der Waals surface area contributed by atoms with Crippen molar-refractivity contribution in [1.82, 2.24) is 0 Å². The van der Waals surface area contributed by atoms with Crippen LogP contribution in [0.15, 0.2) is 54.6 Å². The highest BCUT2D eigenvalue weighted by atomic mass is 16.5. The number of amides is 2. The highest BCUT2D eigenvalue weighted by molar-refractivity contribution is 6.22. The van der Waals surface area contributed by atoms with Crippen LogP contribution in [0.25, 0.3) is 0 Å². The summed E-state index contributed by atoms with van der Waals surface area (Å²) >= 11 is 0. The molecule has 3 unspecified atom stereocenters. The van der Waals surface area contributed by atoms with Crippen LogP contribution < -0.4 is 4.90 Å². The van der Waals surface area contributed by atoms with E-state index in [4.69, 9.17) is 4.74 Å². The van der Waals surface area contributed by atoms with Crippen molar-refractivity contribution in [1.29, 1.82) is 0 Å². The SMILES string of the molecule is CCOC(=O)c1ccc(N2C(=O)C3CCC(c4ccccc4)CC3C2=O)cc1. The van der Waals surface area contributed by atoms with Gasteiger partial charge in [-0.3, -0.25) is 14.5 Å². The van der Waals surface area contributed by atoms with Gasteiger partial charge < -0.3 is 4.74 Å². The normalized spacial score (nSPS) is 24.2. The minimum Gasteiger partial charge on any atom is -0.462 e. The van der Waals surface area contributed by atoms with E-state index in [1.54, 1.807) is 31.2 Å². The molecule has 0 aromatic heterocycles. The van der Waals surface area contributed by atoms with Crippen LogP contribution in [-0.2, 0) is 14.3 Å². The van der Waals surface area contributed by atoms with E-state index in [0.29, 0.717) is 30.2 Å². The first-order chi connectivity index (χ1) is 13.6. The zero-order valence-corrected chi connectivity index (χ0v) is 15.8. The molecule has 28 heavy (non-hydrogen) atoms. The van der Waals surface area contributed by atoms with E-state index < -0.39 is 5.97 Å². The van der Waals surface area contributed by atoms with Gasteiger partial charge in [0.15, 0.2) is 0 Å². The van der Waals surface area contributed by atoms with Gasteiger partial charge in [0.05, 0.1) is 29.7 Å². The molecular weight excluding hydrogens is 354 g/mol. The summed E-state index contributed by atoms with van der Waals surface area (Å²) in [4.78, 5) is 39.1. The predicted molar refractivity (Wildman–Crippen MR) is 105 cm³/mol. The van der Waals surface area contributed by atoms with Crippen molar-refractivity contribution in [3.63, 3.8) is 0 Å². The maximum absolute atomic E-state index is 13.1. The molecule has 1 aliphatic heterocycles. The highest BCUT2D eigenvalue weighted by Gasteiger charge is 2.50. The Morgan fingerprint density at radius 1 is 0.964 bits per heavy atom. The van der Waals surface area contributed by atoms with Crippen molar-refractivity contribution in [3.8, 4) is 0 Å². The number of esters is 1. The second-order valence-electron chi connectivity index (χ2n) is 7.41. The molecule has 2 amide bonds. The van der Waals surface area contributed by atoms with E-state index in [1.807, 2.05) is 18.2 Å². The van der Waals surface area contributed by atoms with Crippen LogP contribution in [0.5, 0.6) is 0 Å². The summed E-state index contributed by atoms with van der Waals surface area (Å²) in [6.07, 6.45) is 2.35. The number of ether oxygens (including phenoxy) is 1. The van der Waals surface area contributed by atoms with Gasteiger partial charge in [0.25, 0.3) is 0 Å². The second kappa shape index (κ2) is 7.58. The summed E-state index contributed by atoms with van der Waals surface area (Å²) in [7, 11) is 0. The molecule has 0 N–H and O–H groups in total. The molecule has 5 heteroatoms. The van der Waals surface area contributed by atoms with E-state index >= 15 is 0 Å². The van der Waals surface area contributed by atoms with Crippen LogP contribution >= 0.6 is 0 Å². The molecule has 1 aliphatic carbocycles. The summed E-state index contributed by atoms with van der Waals surface area (Å²) in [6, 6.07) is 16.7. The van der Waals surface area contributed by atoms with Crippen molar-refractivity contribution >= 4 is 23.5 Å². The van der Waals surface area contributed by atoms with Crippen molar-refractivity contribution in [2.75, 3.05) is 11.5 Å². The summed E-state index contributed by atoms with van der Waals surface area (Å²) in [5.41, 5.74) is 2.17. The first-order valence-corrected chi connectivity index (χ1v) is 9.80. The third-order valence-corrected chi connectivity index (χ3v) is 5.83. The summed E-state index contributed by atoms with van der Waals surface area (Å²) in [5.74, 6) is -0.851. The van der Waals surface area contributed by atoms with Crippen LogP contribution in [0, 0.1) is 11.8 Å². The Morgan fingerprint density at radius 2 is 1.64 bits per heavy atom. The molecule has 0 spiro atoms. The van der Waals surface area contributed by atoms with Gasteiger partial charge in [-0.2, -0.15) is 0 Å². The van der Waals surface area contributed by atoms with E-state index in [1.165, 1.54) is 10.5 Å². The lowest BCUT2D eigenvalue weighted by Gasteiger charge is -2.28. The Labute approximate surface area is 164 Å². The van der Waals surface area contributed by atoms with Crippen molar-refractivity contribution in [2.45, 2.75) is 32.1 Å². The Bertz CT molecular complexity index is 891. The first-order valence-electron chi connectivity index (χ1n) is 9.80. The Kier molecular flexibility index (Phi) is 4.99. The monoisotopic (exact) mass is 377 g/mol. The van der Waals surface area contributed by atoms with Gasteiger partial charge in [-0.05, 0) is 61.9 Å². The molecule has 2 aromatic carbocycles. The number of benzene rings is 2. The van der Waals surface area contributed by atoms with E-state index in [0.717, 1.165) is 12.8 Å². The number of carbonyl (C=O) groups is 3. The van der Waals surface area contributed by atoms with Gasteiger partial charge in [-0.1, -0.05) is 30.3 Å². The second-order valence-corrected chi connectivity index (χ2v) is 7.41. The van der Waals surface area contributed by atoms with Crippen LogP contribution in [-0.4, -0.2) is 24.4 Å². The summed E-state index contributed by atoms with van der Waals surface area (Å²) in [5, 5.41) is 0. The zero-order chi connectivity index (χ0) is 19.7. The van der Waals surface area contributed by atoms with Crippen LogP contribution in [0.3, 0.4) is 0 Å². The zero-order valence-electron chi connectivity index (χ0n) is 15.8. The Hall–Kier alpha value is -2.95. The fraction of sp³-hybridized carbons (Fsp3) is 0.348. The third kappa shape index (κ3) is 3.21. The van der Waals surface area contributed by atoms with Gasteiger partial charge in [0.1, 0.15) is 0 Å². The number of fused-ring (bicyclic) bond motifs is 1. The average Bonchev–Trinajstić information content (AvgIpc) is 2.99. The Morgan fingerprint density at radius 3 is 2.32 bits per heavy atom. The fourth-order valence-electron chi connectivity index (χ4n) is 4.42. The van der Waals surface area contributed by atoms with E-state index in [2.05, 4.69) is 12.1 Å². The quantitative estimate of drug-likeness (QED) is 0.598. The lowest BCUT2D eigenvalue weighted by atomic mass is 9.73. The fourth-order valence-corrected chi connectivity index (χ4v) is 4.42. The molecule has 144 valence electrons. The lowest BCUT2D eigenvalue weighted by molar-refractivity contribution is -0.122. The summed E-state index contributed by atoms with van der Waals surface area (Å²) in [6.45, 7) is 2.05. The predicted octanol–water partition coefficient (Wildman–Crippen LogP) is 3.94. The molecule has 2 aromatic rings. The van der Waals surface area contributed by atoms with Crippen LogP contribution in [0.2, 0.25) is 0 Å². The first kappa shape index (κ1) is 18.4. The molecule has 3 atom stereocenters. The van der Waals surface area contributed by atoms with Crippen molar-refractivity contribution in [2.24, 2.45) is 11.8 Å². The van der Waals surface area contributed by atoms with Gasteiger partial charge in [-0.15, -0.1) is 0 Å². The summed E-state index contributed by atoms with van der Waals surface area (Å²) < 4.78 is 4.98. The molecule has 5 nitrogen and oxygen atoms in total. The maximum atomic E-state index is 13.1. The minimum atomic E-state index is -0.410.